The van der Waals surface area contributed by atoms with Crippen molar-refractivity contribution in [1.82, 2.24) is 0 Å². The quantitative estimate of drug-likeness (QED) is 0.893. The van der Waals surface area contributed by atoms with E-state index in [0.717, 1.165) is 23.7 Å². The van der Waals surface area contributed by atoms with Crippen molar-refractivity contribution in [2.45, 2.75) is 19.4 Å². The Morgan fingerprint density at radius 1 is 1.00 bits per heavy atom. The lowest BCUT2D eigenvalue weighted by molar-refractivity contribution is 0.413. The maximum absolute atomic E-state index is 5.80. The highest BCUT2D eigenvalue weighted by atomic mass is 16.5. The van der Waals surface area contributed by atoms with Crippen LogP contribution < -0.4 is 15.2 Å². The first kappa shape index (κ1) is 13.4. The molecule has 0 aliphatic rings. The minimum Gasteiger partial charge on any atom is -0.497 e. The Bertz CT molecular complexity index is 521. The van der Waals surface area contributed by atoms with Gasteiger partial charge in [-0.15, -0.1) is 0 Å². The summed E-state index contributed by atoms with van der Waals surface area (Å²) in [6.07, 6.45) is 0.847. The van der Waals surface area contributed by atoms with Crippen LogP contribution in [0.1, 0.15) is 12.5 Å². The maximum Gasteiger partial charge on any atom is 0.127 e. The van der Waals surface area contributed by atoms with E-state index in [4.69, 9.17) is 15.2 Å². The van der Waals surface area contributed by atoms with E-state index in [1.54, 1.807) is 7.11 Å². The van der Waals surface area contributed by atoms with Crippen LogP contribution in [0, 0.1) is 0 Å². The second-order valence-corrected chi connectivity index (χ2v) is 4.61. The molecule has 2 aromatic carbocycles. The van der Waals surface area contributed by atoms with Crippen LogP contribution in [0.25, 0.3) is 0 Å². The molecule has 1 atom stereocenters. The van der Waals surface area contributed by atoms with Crippen LogP contribution in [0.2, 0.25) is 0 Å². The van der Waals surface area contributed by atoms with E-state index in [9.17, 15) is 0 Å². The van der Waals surface area contributed by atoms with Gasteiger partial charge in [0.05, 0.1) is 7.11 Å². The lowest BCUT2D eigenvalue weighted by atomic mass is 10.1. The summed E-state index contributed by atoms with van der Waals surface area (Å²) in [6.45, 7) is 2.00. The summed E-state index contributed by atoms with van der Waals surface area (Å²) in [7, 11) is 1.65. The number of ether oxygens (including phenoxy) is 2. The van der Waals surface area contributed by atoms with Crippen LogP contribution in [0.15, 0.2) is 48.5 Å². The van der Waals surface area contributed by atoms with Crippen molar-refractivity contribution >= 4 is 0 Å². The number of hydrogen-bond donors (Lipinski definition) is 1. The smallest absolute Gasteiger partial charge is 0.127 e. The second-order valence-electron chi connectivity index (χ2n) is 4.61. The van der Waals surface area contributed by atoms with Crippen LogP contribution >= 0.6 is 0 Å². The van der Waals surface area contributed by atoms with Gasteiger partial charge in [-0.2, -0.15) is 0 Å². The molecule has 1 unspecified atom stereocenters. The molecule has 2 N–H and O–H groups in total. The Morgan fingerprint density at radius 2 is 1.68 bits per heavy atom. The fraction of sp³-hybridized carbons (Fsp3) is 0.250. The first-order chi connectivity index (χ1) is 9.17. The summed E-state index contributed by atoms with van der Waals surface area (Å²) in [4.78, 5) is 0. The van der Waals surface area contributed by atoms with E-state index < -0.39 is 0 Å². The van der Waals surface area contributed by atoms with Gasteiger partial charge in [0.15, 0.2) is 0 Å². The van der Waals surface area contributed by atoms with Crippen LogP contribution in [0.4, 0.5) is 0 Å². The SMILES string of the molecule is COc1ccc(Oc2cccc(CC(C)N)c2)cc1. The fourth-order valence-corrected chi connectivity index (χ4v) is 1.89. The molecule has 0 saturated heterocycles. The van der Waals surface area contributed by atoms with Crippen LogP contribution in [0.3, 0.4) is 0 Å². The molecule has 2 aromatic rings. The van der Waals surface area contributed by atoms with E-state index in [0.29, 0.717) is 0 Å². The summed E-state index contributed by atoms with van der Waals surface area (Å²) in [5.41, 5.74) is 6.99. The monoisotopic (exact) mass is 257 g/mol. The zero-order valence-electron chi connectivity index (χ0n) is 11.3. The number of nitrogens with two attached hydrogens (primary N) is 1. The standard InChI is InChI=1S/C16H19NO2/c1-12(17)10-13-4-3-5-16(11-13)19-15-8-6-14(18-2)7-9-15/h3-9,11-12H,10,17H2,1-2H3. The summed E-state index contributed by atoms with van der Waals surface area (Å²) in [6, 6.07) is 15.7. The second kappa shape index (κ2) is 6.25. The molecule has 2 rings (SSSR count). The lowest BCUT2D eigenvalue weighted by Crippen LogP contribution is -2.17. The molecule has 0 radical (unpaired) electrons. The summed E-state index contributed by atoms with van der Waals surface area (Å²) >= 11 is 0. The summed E-state index contributed by atoms with van der Waals surface area (Å²) in [5.74, 6) is 2.43. The van der Waals surface area contributed by atoms with Gasteiger partial charge in [-0.1, -0.05) is 12.1 Å². The van der Waals surface area contributed by atoms with Crippen molar-refractivity contribution in [2.24, 2.45) is 5.73 Å². The molecule has 0 saturated carbocycles. The number of methoxy groups -OCH3 is 1. The van der Waals surface area contributed by atoms with Gasteiger partial charge >= 0.3 is 0 Å². The predicted molar refractivity (Wildman–Crippen MR) is 76.9 cm³/mol. The van der Waals surface area contributed by atoms with E-state index in [1.165, 1.54) is 5.56 Å². The Balaban J connectivity index is 2.09. The normalized spacial score (nSPS) is 11.9. The molecule has 0 aliphatic heterocycles. The molecule has 0 spiro atoms. The highest BCUT2D eigenvalue weighted by Gasteiger charge is 2.02. The number of hydrogen-bond acceptors (Lipinski definition) is 3. The summed E-state index contributed by atoms with van der Waals surface area (Å²) < 4.78 is 10.9. The van der Waals surface area contributed by atoms with E-state index in [2.05, 4.69) is 6.07 Å². The van der Waals surface area contributed by atoms with Crippen molar-refractivity contribution in [1.29, 1.82) is 0 Å². The highest BCUT2D eigenvalue weighted by molar-refractivity contribution is 5.36. The van der Waals surface area contributed by atoms with Gasteiger partial charge in [-0.25, -0.2) is 0 Å². The lowest BCUT2D eigenvalue weighted by Gasteiger charge is -2.09. The molecule has 0 fully saturated rings. The largest absolute Gasteiger partial charge is 0.497 e. The van der Waals surface area contributed by atoms with Crippen molar-refractivity contribution in [3.8, 4) is 17.2 Å². The molecule has 19 heavy (non-hydrogen) atoms. The van der Waals surface area contributed by atoms with Crippen molar-refractivity contribution < 1.29 is 9.47 Å². The maximum atomic E-state index is 5.80. The fourth-order valence-electron chi connectivity index (χ4n) is 1.89. The summed E-state index contributed by atoms with van der Waals surface area (Å²) in [5, 5.41) is 0. The van der Waals surface area contributed by atoms with E-state index >= 15 is 0 Å². The molecule has 3 heteroatoms. The average molecular weight is 257 g/mol. The van der Waals surface area contributed by atoms with E-state index in [1.807, 2.05) is 49.4 Å². The molecule has 0 bridgehead atoms. The third-order valence-electron chi connectivity index (χ3n) is 2.75. The van der Waals surface area contributed by atoms with Gasteiger partial charge in [0.2, 0.25) is 0 Å². The first-order valence-corrected chi connectivity index (χ1v) is 6.34. The minimum absolute atomic E-state index is 0.149. The van der Waals surface area contributed by atoms with Gasteiger partial charge in [-0.05, 0) is 55.3 Å². The third-order valence-corrected chi connectivity index (χ3v) is 2.75. The highest BCUT2D eigenvalue weighted by Crippen LogP contribution is 2.24. The average Bonchev–Trinajstić information content (AvgIpc) is 2.39. The van der Waals surface area contributed by atoms with Crippen LogP contribution in [0.5, 0.6) is 17.2 Å². The topological polar surface area (TPSA) is 44.5 Å². The molecular formula is C16H19NO2. The van der Waals surface area contributed by atoms with Crippen molar-refractivity contribution in [3.63, 3.8) is 0 Å². The van der Waals surface area contributed by atoms with Crippen LogP contribution in [-0.4, -0.2) is 13.2 Å². The number of rotatable bonds is 5. The van der Waals surface area contributed by atoms with Crippen molar-refractivity contribution in [3.05, 3.63) is 54.1 Å². The third kappa shape index (κ3) is 4.00. The van der Waals surface area contributed by atoms with Crippen molar-refractivity contribution in [2.75, 3.05) is 7.11 Å². The van der Waals surface area contributed by atoms with Gasteiger partial charge in [0.25, 0.3) is 0 Å². The Kier molecular flexibility index (Phi) is 4.42. The predicted octanol–water partition coefficient (Wildman–Crippen LogP) is 3.38. The molecule has 0 aromatic heterocycles. The molecule has 0 amide bonds. The zero-order chi connectivity index (χ0) is 13.7. The van der Waals surface area contributed by atoms with Gasteiger partial charge in [0, 0.05) is 6.04 Å². The molecule has 0 heterocycles. The Labute approximate surface area is 114 Å². The van der Waals surface area contributed by atoms with Gasteiger partial charge in [-0.3, -0.25) is 0 Å². The number of benzene rings is 2. The molecule has 3 nitrogen and oxygen atoms in total. The van der Waals surface area contributed by atoms with Crippen LogP contribution in [-0.2, 0) is 6.42 Å². The zero-order valence-corrected chi connectivity index (χ0v) is 11.3. The minimum atomic E-state index is 0.149. The van der Waals surface area contributed by atoms with Gasteiger partial charge < -0.3 is 15.2 Å². The Morgan fingerprint density at radius 3 is 2.32 bits per heavy atom. The van der Waals surface area contributed by atoms with Gasteiger partial charge in [0.1, 0.15) is 17.2 Å². The molecule has 100 valence electrons. The Hall–Kier alpha value is -2.00. The first-order valence-electron chi connectivity index (χ1n) is 6.34. The van der Waals surface area contributed by atoms with E-state index in [-0.39, 0.29) is 6.04 Å². The molecule has 0 aliphatic carbocycles. The molecular weight excluding hydrogens is 238 g/mol.